The van der Waals surface area contributed by atoms with Crippen LogP contribution in [0, 0.1) is 0 Å². The van der Waals surface area contributed by atoms with Crippen LogP contribution in [0.25, 0.3) is 0 Å². The number of nitrogens with zero attached hydrogens (tertiary/aromatic N) is 2. The fourth-order valence-electron chi connectivity index (χ4n) is 1.70. The van der Waals surface area contributed by atoms with Crippen molar-refractivity contribution in [2.24, 2.45) is 0 Å². The molecule has 82 valence electrons. The molecule has 5 heteroatoms. The van der Waals surface area contributed by atoms with Crippen LogP contribution in [0.15, 0.2) is 17.4 Å². The highest BCUT2D eigenvalue weighted by Crippen LogP contribution is 2.11. The van der Waals surface area contributed by atoms with Crippen LogP contribution < -0.4 is 10.6 Å². The molecule has 0 radical (unpaired) electrons. The first-order valence-electron chi connectivity index (χ1n) is 5.23. The molecule has 0 aliphatic carbocycles. The average Bonchev–Trinajstić information content (AvgIpc) is 2.79. The molecule has 1 aromatic rings. The Bertz CT molecular complexity index is 312. The largest absolute Gasteiger partial charge is 0.368 e. The van der Waals surface area contributed by atoms with Gasteiger partial charge >= 0.3 is 0 Å². The highest BCUT2D eigenvalue weighted by atomic mass is 32.2. The predicted molar refractivity (Wildman–Crippen MR) is 63.3 cm³/mol. The molecule has 1 aliphatic heterocycles. The van der Waals surface area contributed by atoms with E-state index in [1.165, 1.54) is 12.8 Å². The van der Waals surface area contributed by atoms with Crippen LogP contribution in [-0.4, -0.2) is 35.4 Å². The second-order valence-electron chi connectivity index (χ2n) is 3.60. The summed E-state index contributed by atoms with van der Waals surface area (Å²) in [6.07, 6.45) is 6.32. The number of aromatic nitrogens is 2. The van der Waals surface area contributed by atoms with E-state index in [1.54, 1.807) is 18.0 Å². The number of nitrogens with one attached hydrogen (secondary N) is 2. The molecule has 0 aromatic carbocycles. The van der Waals surface area contributed by atoms with Crippen molar-refractivity contribution in [2.75, 3.05) is 24.7 Å². The van der Waals surface area contributed by atoms with E-state index in [9.17, 15) is 0 Å². The lowest BCUT2D eigenvalue weighted by Gasteiger charge is -2.11. The van der Waals surface area contributed by atoms with Crippen molar-refractivity contribution in [1.29, 1.82) is 0 Å². The molecule has 4 nitrogen and oxygen atoms in total. The average molecular weight is 224 g/mol. The van der Waals surface area contributed by atoms with Gasteiger partial charge in [0, 0.05) is 18.8 Å². The van der Waals surface area contributed by atoms with Crippen molar-refractivity contribution in [3.8, 4) is 0 Å². The van der Waals surface area contributed by atoms with Crippen LogP contribution in [0.2, 0.25) is 0 Å². The van der Waals surface area contributed by atoms with E-state index in [0.717, 1.165) is 24.1 Å². The third-order valence-electron chi connectivity index (χ3n) is 2.51. The van der Waals surface area contributed by atoms with Crippen molar-refractivity contribution in [3.05, 3.63) is 12.3 Å². The number of thioether (sulfide) groups is 1. The maximum Gasteiger partial charge on any atom is 0.189 e. The van der Waals surface area contributed by atoms with Crippen LogP contribution >= 0.6 is 11.8 Å². The Morgan fingerprint density at radius 1 is 1.67 bits per heavy atom. The lowest BCUT2D eigenvalue weighted by molar-refractivity contribution is 0.632. The molecule has 2 rings (SSSR count). The summed E-state index contributed by atoms with van der Waals surface area (Å²) in [7, 11) is 0. The Morgan fingerprint density at radius 3 is 3.33 bits per heavy atom. The minimum atomic E-state index is 0.595. The summed E-state index contributed by atoms with van der Waals surface area (Å²) in [4.78, 5) is 8.50. The van der Waals surface area contributed by atoms with Gasteiger partial charge in [-0.05, 0) is 31.7 Å². The van der Waals surface area contributed by atoms with Crippen LogP contribution in [-0.2, 0) is 0 Å². The first kappa shape index (κ1) is 10.7. The van der Waals surface area contributed by atoms with Crippen molar-refractivity contribution >= 4 is 17.6 Å². The Kier molecular flexibility index (Phi) is 3.80. The smallest absolute Gasteiger partial charge is 0.189 e. The van der Waals surface area contributed by atoms with Gasteiger partial charge in [-0.25, -0.2) is 9.97 Å². The number of hydrogen-bond donors (Lipinski definition) is 2. The zero-order chi connectivity index (χ0) is 10.5. The minimum absolute atomic E-state index is 0.595. The molecule has 2 heterocycles. The quantitative estimate of drug-likeness (QED) is 0.597. The van der Waals surface area contributed by atoms with Crippen molar-refractivity contribution in [1.82, 2.24) is 15.3 Å². The summed E-state index contributed by atoms with van der Waals surface area (Å²) in [6.45, 7) is 2.09. The van der Waals surface area contributed by atoms with E-state index in [1.807, 2.05) is 12.3 Å². The van der Waals surface area contributed by atoms with Crippen molar-refractivity contribution < 1.29 is 0 Å². The van der Waals surface area contributed by atoms with Crippen LogP contribution in [0.4, 0.5) is 5.82 Å². The van der Waals surface area contributed by atoms with Gasteiger partial charge in [0.05, 0.1) is 0 Å². The summed E-state index contributed by atoms with van der Waals surface area (Å²) < 4.78 is 0. The molecule has 0 saturated carbocycles. The molecule has 1 atom stereocenters. The SMILES string of the molecule is CSc1nccc(NC[C@H]2CCCN2)n1. The molecular formula is C10H16N4S. The standard InChI is InChI=1S/C10H16N4S/c1-15-10-12-6-4-9(14-10)13-7-8-3-2-5-11-8/h4,6,8,11H,2-3,5,7H2,1H3,(H,12,13,14)/t8-/m1/s1. The maximum absolute atomic E-state index is 4.37. The van der Waals surface area contributed by atoms with Gasteiger partial charge in [-0.1, -0.05) is 11.8 Å². The van der Waals surface area contributed by atoms with E-state index < -0.39 is 0 Å². The molecule has 0 bridgehead atoms. The van der Waals surface area contributed by atoms with Crippen LogP contribution in [0.3, 0.4) is 0 Å². The lowest BCUT2D eigenvalue weighted by Crippen LogP contribution is -2.29. The van der Waals surface area contributed by atoms with Gasteiger partial charge in [0.25, 0.3) is 0 Å². The van der Waals surface area contributed by atoms with Gasteiger partial charge < -0.3 is 10.6 Å². The summed E-state index contributed by atoms with van der Waals surface area (Å²) in [6, 6.07) is 2.51. The topological polar surface area (TPSA) is 49.8 Å². The second-order valence-corrected chi connectivity index (χ2v) is 4.38. The molecule has 15 heavy (non-hydrogen) atoms. The molecule has 0 spiro atoms. The normalized spacial score (nSPS) is 20.5. The molecule has 2 N–H and O–H groups in total. The highest BCUT2D eigenvalue weighted by Gasteiger charge is 2.13. The maximum atomic E-state index is 4.37. The zero-order valence-corrected chi connectivity index (χ0v) is 9.68. The van der Waals surface area contributed by atoms with E-state index in [0.29, 0.717) is 6.04 Å². The predicted octanol–water partition coefficient (Wildman–Crippen LogP) is 1.36. The Morgan fingerprint density at radius 2 is 2.60 bits per heavy atom. The zero-order valence-electron chi connectivity index (χ0n) is 8.86. The monoisotopic (exact) mass is 224 g/mol. The van der Waals surface area contributed by atoms with Crippen LogP contribution in [0.5, 0.6) is 0 Å². The summed E-state index contributed by atoms with van der Waals surface area (Å²) in [5, 5.41) is 7.60. The van der Waals surface area contributed by atoms with E-state index in [-0.39, 0.29) is 0 Å². The fourth-order valence-corrected chi connectivity index (χ4v) is 2.05. The summed E-state index contributed by atoms with van der Waals surface area (Å²) in [5.41, 5.74) is 0. The molecular weight excluding hydrogens is 208 g/mol. The number of anilines is 1. The van der Waals surface area contributed by atoms with Crippen molar-refractivity contribution in [2.45, 2.75) is 24.0 Å². The van der Waals surface area contributed by atoms with Gasteiger partial charge in [0.1, 0.15) is 5.82 Å². The Hall–Kier alpha value is -0.810. The van der Waals surface area contributed by atoms with E-state index in [2.05, 4.69) is 20.6 Å². The fraction of sp³-hybridized carbons (Fsp3) is 0.600. The van der Waals surface area contributed by atoms with E-state index in [4.69, 9.17) is 0 Å². The summed E-state index contributed by atoms with van der Waals surface area (Å²) >= 11 is 1.56. The molecule has 0 unspecified atom stereocenters. The molecule has 1 aliphatic rings. The Balaban J connectivity index is 1.86. The van der Waals surface area contributed by atoms with E-state index >= 15 is 0 Å². The van der Waals surface area contributed by atoms with Gasteiger partial charge in [-0.2, -0.15) is 0 Å². The number of rotatable bonds is 4. The second kappa shape index (κ2) is 5.32. The number of hydrogen-bond acceptors (Lipinski definition) is 5. The Labute approximate surface area is 94.3 Å². The van der Waals surface area contributed by atoms with Gasteiger partial charge in [-0.3, -0.25) is 0 Å². The lowest BCUT2D eigenvalue weighted by atomic mass is 10.2. The minimum Gasteiger partial charge on any atom is -0.368 e. The summed E-state index contributed by atoms with van der Waals surface area (Å²) in [5.74, 6) is 0.919. The first-order valence-corrected chi connectivity index (χ1v) is 6.45. The molecule has 1 saturated heterocycles. The third-order valence-corrected chi connectivity index (χ3v) is 3.07. The van der Waals surface area contributed by atoms with Crippen molar-refractivity contribution in [3.63, 3.8) is 0 Å². The highest BCUT2D eigenvalue weighted by molar-refractivity contribution is 7.98. The van der Waals surface area contributed by atoms with Crippen LogP contribution in [0.1, 0.15) is 12.8 Å². The van der Waals surface area contributed by atoms with Gasteiger partial charge in [0.2, 0.25) is 0 Å². The van der Waals surface area contributed by atoms with Gasteiger partial charge in [0.15, 0.2) is 5.16 Å². The molecule has 0 amide bonds. The first-order chi connectivity index (χ1) is 7.38. The van der Waals surface area contributed by atoms with Gasteiger partial charge in [-0.15, -0.1) is 0 Å². The molecule has 1 aromatic heterocycles. The third kappa shape index (κ3) is 3.07. The molecule has 1 fully saturated rings.